The average Bonchev–Trinajstić information content (AvgIpc) is 2.28. The van der Waals surface area contributed by atoms with Gasteiger partial charge in [-0.05, 0) is 12.8 Å². The molecule has 1 amide bonds. The zero-order valence-electron chi connectivity index (χ0n) is 11.5. The summed E-state index contributed by atoms with van der Waals surface area (Å²) in [5.74, 6) is 0.143. The van der Waals surface area contributed by atoms with E-state index in [1.807, 2.05) is 18.7 Å². The fourth-order valence-electron chi connectivity index (χ4n) is 1.90. The van der Waals surface area contributed by atoms with E-state index in [1.54, 1.807) is 0 Å². The summed E-state index contributed by atoms with van der Waals surface area (Å²) in [6.07, 6.45) is 1.34. The van der Waals surface area contributed by atoms with Crippen LogP contribution in [0, 0.1) is 5.92 Å². The minimum absolute atomic E-state index is 0.0000157. The topological polar surface area (TPSA) is 69.7 Å². The van der Waals surface area contributed by atoms with E-state index in [-0.39, 0.29) is 17.9 Å². The first-order valence-corrected chi connectivity index (χ1v) is 7.66. The number of carbonyl (C=O) groups excluding carboxylic acids is 1. The number of hydrogen-bond donors (Lipinski definition) is 1. The van der Waals surface area contributed by atoms with Crippen molar-refractivity contribution < 1.29 is 13.2 Å². The molecule has 0 aromatic carbocycles. The molecule has 1 heterocycles. The van der Waals surface area contributed by atoms with E-state index >= 15 is 0 Å². The molecular formula is C11H23N3O3S. The van der Waals surface area contributed by atoms with Crippen LogP contribution in [0.15, 0.2) is 0 Å². The number of rotatable bonds is 4. The van der Waals surface area contributed by atoms with Crippen LogP contribution in [-0.4, -0.2) is 56.8 Å². The molecule has 1 saturated heterocycles. The predicted molar refractivity (Wildman–Crippen MR) is 70.2 cm³/mol. The van der Waals surface area contributed by atoms with Crippen LogP contribution in [0.3, 0.4) is 0 Å². The van der Waals surface area contributed by atoms with Crippen molar-refractivity contribution in [3.8, 4) is 0 Å². The van der Waals surface area contributed by atoms with Gasteiger partial charge in [0.2, 0.25) is 5.91 Å². The highest BCUT2D eigenvalue weighted by atomic mass is 32.2. The Labute approximate surface area is 110 Å². The fourth-order valence-corrected chi connectivity index (χ4v) is 2.77. The van der Waals surface area contributed by atoms with E-state index in [1.165, 1.54) is 18.4 Å². The maximum atomic E-state index is 11.8. The molecule has 7 heteroatoms. The Kier molecular flexibility index (Phi) is 5.12. The molecule has 0 radical (unpaired) electrons. The molecule has 1 fully saturated rings. The third-order valence-electron chi connectivity index (χ3n) is 3.10. The van der Waals surface area contributed by atoms with Crippen LogP contribution in [-0.2, 0) is 15.0 Å². The maximum absolute atomic E-state index is 11.8. The van der Waals surface area contributed by atoms with Crippen LogP contribution >= 0.6 is 0 Å². The molecule has 0 aromatic heterocycles. The molecule has 1 aliphatic rings. The molecule has 0 aromatic rings. The monoisotopic (exact) mass is 277 g/mol. The molecule has 0 atom stereocenters. The van der Waals surface area contributed by atoms with E-state index in [0.717, 1.165) is 0 Å². The normalized spacial score (nSPS) is 18.7. The zero-order valence-corrected chi connectivity index (χ0v) is 12.3. The minimum atomic E-state index is -3.37. The van der Waals surface area contributed by atoms with Gasteiger partial charge >= 0.3 is 0 Å². The summed E-state index contributed by atoms with van der Waals surface area (Å²) in [4.78, 5) is 13.6. The second-order valence-corrected chi connectivity index (χ2v) is 7.08. The van der Waals surface area contributed by atoms with Gasteiger partial charge in [0, 0.05) is 39.1 Å². The summed E-state index contributed by atoms with van der Waals surface area (Å²) in [5.41, 5.74) is 0. The maximum Gasteiger partial charge on any atom is 0.279 e. The zero-order chi connectivity index (χ0) is 13.9. The predicted octanol–water partition coefficient (Wildman–Crippen LogP) is 0.0294. The highest BCUT2D eigenvalue weighted by molar-refractivity contribution is 7.87. The first-order chi connectivity index (χ1) is 8.24. The lowest BCUT2D eigenvalue weighted by Gasteiger charge is -2.33. The Morgan fingerprint density at radius 2 is 1.78 bits per heavy atom. The van der Waals surface area contributed by atoms with Crippen molar-refractivity contribution in [2.75, 3.05) is 27.2 Å². The number of likely N-dealkylation sites (tertiary alicyclic amines) is 1. The SMILES string of the molecule is CC(C)C(=O)N1CCC(NS(=O)(=O)N(C)C)CC1. The summed E-state index contributed by atoms with van der Waals surface area (Å²) in [5, 5.41) is 0. The number of nitrogens with zero attached hydrogens (tertiary/aromatic N) is 2. The van der Waals surface area contributed by atoms with Crippen LogP contribution < -0.4 is 4.72 Å². The Morgan fingerprint density at radius 3 is 2.17 bits per heavy atom. The summed E-state index contributed by atoms with van der Waals surface area (Å²) in [7, 11) is -0.372. The molecule has 0 spiro atoms. The number of hydrogen-bond acceptors (Lipinski definition) is 3. The van der Waals surface area contributed by atoms with Gasteiger partial charge in [-0.25, -0.2) is 0 Å². The third kappa shape index (κ3) is 3.93. The first-order valence-electron chi connectivity index (χ1n) is 6.22. The van der Waals surface area contributed by atoms with Crippen LogP contribution in [0.2, 0.25) is 0 Å². The van der Waals surface area contributed by atoms with Gasteiger partial charge in [0.25, 0.3) is 10.2 Å². The summed E-state index contributed by atoms with van der Waals surface area (Å²) in [6.45, 7) is 5.00. The van der Waals surface area contributed by atoms with Gasteiger partial charge in [-0.1, -0.05) is 13.8 Å². The molecule has 0 saturated carbocycles. The fraction of sp³-hybridized carbons (Fsp3) is 0.909. The Bertz CT molecular complexity index is 384. The van der Waals surface area contributed by atoms with Crippen molar-refractivity contribution >= 4 is 16.1 Å². The Balaban J connectivity index is 2.48. The molecule has 0 bridgehead atoms. The quantitative estimate of drug-likeness (QED) is 0.788. The molecule has 6 nitrogen and oxygen atoms in total. The Hall–Kier alpha value is -0.660. The van der Waals surface area contributed by atoms with Crippen molar-refractivity contribution in [3.63, 3.8) is 0 Å². The second-order valence-electron chi connectivity index (χ2n) is 5.16. The summed E-state index contributed by atoms with van der Waals surface area (Å²) >= 11 is 0. The van der Waals surface area contributed by atoms with Gasteiger partial charge in [-0.3, -0.25) is 4.79 Å². The van der Waals surface area contributed by atoms with Gasteiger partial charge in [0.15, 0.2) is 0 Å². The number of nitrogens with one attached hydrogen (secondary N) is 1. The third-order valence-corrected chi connectivity index (χ3v) is 4.69. The highest BCUT2D eigenvalue weighted by Crippen LogP contribution is 2.14. The first kappa shape index (κ1) is 15.4. The van der Waals surface area contributed by atoms with Gasteiger partial charge in [-0.15, -0.1) is 0 Å². The van der Waals surface area contributed by atoms with Crippen molar-refractivity contribution in [2.24, 2.45) is 5.92 Å². The summed E-state index contributed by atoms with van der Waals surface area (Å²) in [6, 6.07) is -0.0754. The molecule has 0 aliphatic carbocycles. The van der Waals surface area contributed by atoms with E-state index in [0.29, 0.717) is 25.9 Å². The van der Waals surface area contributed by atoms with Gasteiger partial charge < -0.3 is 4.90 Å². The second kappa shape index (κ2) is 5.99. The minimum Gasteiger partial charge on any atom is -0.342 e. The molecular weight excluding hydrogens is 254 g/mol. The van der Waals surface area contributed by atoms with Gasteiger partial charge in [0.05, 0.1) is 0 Å². The summed E-state index contributed by atoms with van der Waals surface area (Å²) < 4.78 is 27.1. The van der Waals surface area contributed by atoms with Crippen LogP contribution in [0.5, 0.6) is 0 Å². The highest BCUT2D eigenvalue weighted by Gasteiger charge is 2.27. The lowest BCUT2D eigenvalue weighted by Crippen LogP contribution is -2.49. The average molecular weight is 277 g/mol. The lowest BCUT2D eigenvalue weighted by atomic mass is 10.0. The van der Waals surface area contributed by atoms with E-state index in [2.05, 4.69) is 4.72 Å². The van der Waals surface area contributed by atoms with Gasteiger partial charge in [0.1, 0.15) is 0 Å². The Morgan fingerprint density at radius 1 is 1.28 bits per heavy atom. The number of piperidine rings is 1. The smallest absolute Gasteiger partial charge is 0.279 e. The lowest BCUT2D eigenvalue weighted by molar-refractivity contribution is -0.135. The van der Waals surface area contributed by atoms with Crippen molar-refractivity contribution in [1.29, 1.82) is 0 Å². The van der Waals surface area contributed by atoms with Crippen molar-refractivity contribution in [3.05, 3.63) is 0 Å². The number of carbonyl (C=O) groups is 1. The number of amides is 1. The van der Waals surface area contributed by atoms with Crippen LogP contribution in [0.1, 0.15) is 26.7 Å². The van der Waals surface area contributed by atoms with Gasteiger partial charge in [-0.2, -0.15) is 17.4 Å². The van der Waals surface area contributed by atoms with Crippen LogP contribution in [0.4, 0.5) is 0 Å². The molecule has 0 unspecified atom stereocenters. The standard InChI is InChI=1S/C11H23N3O3S/c1-9(2)11(15)14-7-5-10(6-8-14)12-18(16,17)13(3)4/h9-10,12H,5-8H2,1-4H3. The van der Waals surface area contributed by atoms with E-state index < -0.39 is 10.2 Å². The van der Waals surface area contributed by atoms with Crippen molar-refractivity contribution in [2.45, 2.75) is 32.7 Å². The van der Waals surface area contributed by atoms with E-state index in [4.69, 9.17) is 0 Å². The van der Waals surface area contributed by atoms with Crippen molar-refractivity contribution in [1.82, 2.24) is 13.9 Å². The molecule has 18 heavy (non-hydrogen) atoms. The molecule has 106 valence electrons. The molecule has 1 rings (SSSR count). The van der Waals surface area contributed by atoms with Crippen LogP contribution in [0.25, 0.3) is 0 Å². The molecule has 1 aliphatic heterocycles. The van der Waals surface area contributed by atoms with E-state index in [9.17, 15) is 13.2 Å². The largest absolute Gasteiger partial charge is 0.342 e. The molecule has 1 N–H and O–H groups in total.